The monoisotopic (exact) mass is 117 g/mol. The first kappa shape index (κ1) is 4.74. The third kappa shape index (κ3) is 0.653. The van der Waals surface area contributed by atoms with E-state index in [0.29, 0.717) is 0 Å². The summed E-state index contributed by atoms with van der Waals surface area (Å²) in [6.07, 6.45) is 8.19. The second-order valence-electron chi connectivity index (χ2n) is 2.04. The van der Waals surface area contributed by atoms with E-state index in [1.165, 1.54) is 5.69 Å². The van der Waals surface area contributed by atoms with E-state index in [4.69, 9.17) is 0 Å². The molecule has 0 saturated carbocycles. The van der Waals surface area contributed by atoms with Crippen molar-refractivity contribution >= 4 is 6.20 Å². The summed E-state index contributed by atoms with van der Waals surface area (Å²) in [4.78, 5) is 0. The molecule has 1 aromatic rings. The van der Waals surface area contributed by atoms with Crippen molar-refractivity contribution in [3.8, 4) is 0 Å². The minimum atomic E-state index is 1.25. The molecule has 9 heavy (non-hydrogen) atoms. The Morgan fingerprint density at radius 1 is 1.22 bits per heavy atom. The molecule has 1 aromatic heterocycles. The van der Waals surface area contributed by atoms with E-state index in [2.05, 4.69) is 17.1 Å². The van der Waals surface area contributed by atoms with E-state index in [1.54, 1.807) is 0 Å². The van der Waals surface area contributed by atoms with Gasteiger partial charge >= 0.3 is 0 Å². The van der Waals surface area contributed by atoms with Gasteiger partial charge in [-0.05, 0) is 6.08 Å². The standard InChI is InChI=1S/C8H7N/c1-2-6-9-7-3-5-8(9)4-1/h1-7H/q+1. The van der Waals surface area contributed by atoms with Crippen molar-refractivity contribution in [3.63, 3.8) is 0 Å². The highest BCUT2D eigenvalue weighted by molar-refractivity contribution is 5.29. The number of hydrogen-bond acceptors (Lipinski definition) is 0. The fourth-order valence-corrected chi connectivity index (χ4v) is 0.980. The Kier molecular flexibility index (Phi) is 0.890. The Bertz CT molecular complexity index is 250. The topological polar surface area (TPSA) is 3.88 Å². The first-order valence-electron chi connectivity index (χ1n) is 2.98. The zero-order valence-corrected chi connectivity index (χ0v) is 4.99. The largest absolute Gasteiger partial charge is 0.195 e. The molecule has 0 amide bonds. The molecular weight excluding hydrogens is 110 g/mol. The van der Waals surface area contributed by atoms with Gasteiger partial charge in [-0.2, -0.15) is 4.57 Å². The zero-order chi connectivity index (χ0) is 6.10. The van der Waals surface area contributed by atoms with Gasteiger partial charge < -0.3 is 0 Å². The van der Waals surface area contributed by atoms with E-state index in [1.807, 2.05) is 30.6 Å². The molecule has 1 heteroatoms. The van der Waals surface area contributed by atoms with Crippen LogP contribution < -0.4 is 4.57 Å². The van der Waals surface area contributed by atoms with Gasteiger partial charge in [-0.3, -0.25) is 0 Å². The van der Waals surface area contributed by atoms with Crippen LogP contribution in [0.1, 0.15) is 5.69 Å². The lowest BCUT2D eigenvalue weighted by Crippen LogP contribution is -2.26. The molecule has 0 atom stereocenters. The third-order valence-corrected chi connectivity index (χ3v) is 1.44. The lowest BCUT2D eigenvalue weighted by atomic mass is 10.3. The summed E-state index contributed by atoms with van der Waals surface area (Å²) in [5.74, 6) is 0. The van der Waals surface area contributed by atoms with Gasteiger partial charge in [0.2, 0.25) is 0 Å². The second-order valence-corrected chi connectivity index (χ2v) is 2.04. The van der Waals surface area contributed by atoms with Gasteiger partial charge in [0.1, 0.15) is 0 Å². The Hall–Kier alpha value is -1.11. The summed E-state index contributed by atoms with van der Waals surface area (Å²) in [5.41, 5.74) is 1.25. The Morgan fingerprint density at radius 3 is 3.11 bits per heavy atom. The Balaban J connectivity index is 2.63. The van der Waals surface area contributed by atoms with Crippen LogP contribution in [0.5, 0.6) is 0 Å². The van der Waals surface area contributed by atoms with E-state index < -0.39 is 0 Å². The maximum atomic E-state index is 2.08. The SMILES string of the molecule is [CH]1C=C[n+]2ccccc21. The van der Waals surface area contributed by atoms with Crippen molar-refractivity contribution in [2.75, 3.05) is 0 Å². The van der Waals surface area contributed by atoms with Crippen LogP contribution in [0.3, 0.4) is 0 Å². The van der Waals surface area contributed by atoms with Crippen LogP contribution in [0.4, 0.5) is 0 Å². The van der Waals surface area contributed by atoms with Crippen LogP contribution in [-0.2, 0) is 0 Å². The number of nitrogens with zero attached hydrogens (tertiary/aromatic N) is 1. The first-order chi connectivity index (χ1) is 4.47. The third-order valence-electron chi connectivity index (χ3n) is 1.44. The summed E-state index contributed by atoms with van der Waals surface area (Å²) in [6.45, 7) is 0. The molecule has 2 heterocycles. The molecule has 0 N–H and O–H groups in total. The van der Waals surface area contributed by atoms with Crippen LogP contribution in [0, 0.1) is 6.42 Å². The van der Waals surface area contributed by atoms with Gasteiger partial charge in [0, 0.05) is 12.1 Å². The van der Waals surface area contributed by atoms with Crippen molar-refractivity contribution in [3.05, 3.63) is 42.6 Å². The molecule has 1 radical (unpaired) electrons. The van der Waals surface area contributed by atoms with Crippen LogP contribution in [-0.4, -0.2) is 0 Å². The van der Waals surface area contributed by atoms with Crippen LogP contribution >= 0.6 is 0 Å². The van der Waals surface area contributed by atoms with Gasteiger partial charge in [-0.1, -0.05) is 6.07 Å². The summed E-state index contributed by atoms with van der Waals surface area (Å²) < 4.78 is 2.08. The lowest BCUT2D eigenvalue weighted by molar-refractivity contribution is -0.569. The van der Waals surface area contributed by atoms with E-state index in [9.17, 15) is 0 Å². The van der Waals surface area contributed by atoms with Gasteiger partial charge in [-0.25, -0.2) is 0 Å². The number of allylic oxidation sites excluding steroid dienone is 1. The van der Waals surface area contributed by atoms with E-state index >= 15 is 0 Å². The predicted molar refractivity (Wildman–Crippen MR) is 35.4 cm³/mol. The van der Waals surface area contributed by atoms with E-state index in [0.717, 1.165) is 0 Å². The number of pyridine rings is 1. The van der Waals surface area contributed by atoms with E-state index in [-0.39, 0.29) is 0 Å². The molecule has 1 nitrogen and oxygen atoms in total. The molecular formula is C8H7N+. The molecule has 1 aliphatic heterocycles. The van der Waals surface area contributed by atoms with Crippen molar-refractivity contribution in [1.82, 2.24) is 0 Å². The number of rotatable bonds is 0. The average Bonchev–Trinajstić information content (AvgIpc) is 2.33. The fraction of sp³-hybridized carbons (Fsp3) is 0. The summed E-state index contributed by atoms with van der Waals surface area (Å²) in [5, 5.41) is 0. The van der Waals surface area contributed by atoms with Crippen molar-refractivity contribution in [1.29, 1.82) is 0 Å². The smallest absolute Gasteiger partial charge is 0.171 e. The minimum Gasteiger partial charge on any atom is -0.171 e. The highest BCUT2D eigenvalue weighted by atomic mass is 14.9. The highest BCUT2D eigenvalue weighted by Crippen LogP contribution is 2.01. The van der Waals surface area contributed by atoms with Gasteiger partial charge in [-0.15, -0.1) is 0 Å². The highest BCUT2D eigenvalue weighted by Gasteiger charge is 2.09. The van der Waals surface area contributed by atoms with Crippen LogP contribution in [0.25, 0.3) is 6.20 Å². The molecule has 0 bridgehead atoms. The normalized spacial score (nSPS) is 13.8. The van der Waals surface area contributed by atoms with Gasteiger partial charge in [0.15, 0.2) is 18.1 Å². The number of hydrogen-bond donors (Lipinski definition) is 0. The molecule has 0 aliphatic carbocycles. The molecule has 2 rings (SSSR count). The number of aromatic nitrogens is 1. The quantitative estimate of drug-likeness (QED) is 0.446. The van der Waals surface area contributed by atoms with Crippen molar-refractivity contribution in [2.45, 2.75) is 0 Å². The maximum absolute atomic E-state index is 2.08. The minimum absolute atomic E-state index is 1.25. The Morgan fingerprint density at radius 2 is 2.22 bits per heavy atom. The summed E-state index contributed by atoms with van der Waals surface area (Å²) >= 11 is 0. The van der Waals surface area contributed by atoms with Crippen LogP contribution in [0.15, 0.2) is 30.5 Å². The van der Waals surface area contributed by atoms with Crippen molar-refractivity contribution in [2.24, 2.45) is 0 Å². The van der Waals surface area contributed by atoms with Gasteiger partial charge in [0.25, 0.3) is 0 Å². The molecule has 0 unspecified atom stereocenters. The summed E-state index contributed by atoms with van der Waals surface area (Å²) in [7, 11) is 0. The predicted octanol–water partition coefficient (Wildman–Crippen LogP) is 1.01. The van der Waals surface area contributed by atoms with Crippen molar-refractivity contribution < 1.29 is 4.57 Å². The Labute approximate surface area is 54.3 Å². The molecule has 0 fully saturated rings. The zero-order valence-electron chi connectivity index (χ0n) is 4.99. The molecule has 0 saturated heterocycles. The number of fused-ring (bicyclic) bond motifs is 1. The molecule has 43 valence electrons. The second kappa shape index (κ2) is 1.69. The lowest BCUT2D eigenvalue weighted by Gasteiger charge is -1.85. The first-order valence-corrected chi connectivity index (χ1v) is 2.98. The maximum Gasteiger partial charge on any atom is 0.195 e. The fourth-order valence-electron chi connectivity index (χ4n) is 0.980. The molecule has 1 aliphatic rings. The summed E-state index contributed by atoms with van der Waals surface area (Å²) in [6, 6.07) is 6.14. The molecule has 0 spiro atoms. The molecule has 0 aromatic carbocycles. The van der Waals surface area contributed by atoms with Crippen LogP contribution in [0.2, 0.25) is 0 Å². The average molecular weight is 117 g/mol. The van der Waals surface area contributed by atoms with Gasteiger partial charge in [0.05, 0.1) is 6.42 Å².